The zero-order valence-electron chi connectivity index (χ0n) is 22.2. The highest BCUT2D eigenvalue weighted by Crippen LogP contribution is 2.35. The molecule has 194 valence electrons. The summed E-state index contributed by atoms with van der Waals surface area (Å²) in [5, 5.41) is 1.47. The van der Waals surface area contributed by atoms with Crippen LogP contribution in [0.15, 0.2) is 36.5 Å². The Labute approximate surface area is 219 Å². The van der Waals surface area contributed by atoms with Crippen molar-refractivity contribution < 1.29 is 14.3 Å². The molecule has 0 radical (unpaired) electrons. The second-order valence-electron chi connectivity index (χ2n) is 11.7. The number of halogens is 1. The molecule has 36 heavy (non-hydrogen) atoms. The number of pyridine rings is 1. The van der Waals surface area contributed by atoms with E-state index in [4.69, 9.17) is 26.1 Å². The summed E-state index contributed by atoms with van der Waals surface area (Å²) in [5.41, 5.74) is 2.11. The molecule has 1 fully saturated rings. The van der Waals surface area contributed by atoms with Gasteiger partial charge in [0.05, 0.1) is 17.3 Å². The summed E-state index contributed by atoms with van der Waals surface area (Å²) in [7, 11) is -1.20. The van der Waals surface area contributed by atoms with Crippen LogP contribution >= 0.6 is 11.6 Å². The van der Waals surface area contributed by atoms with Crippen LogP contribution in [0.25, 0.3) is 22.2 Å². The van der Waals surface area contributed by atoms with Crippen LogP contribution in [-0.2, 0) is 16.2 Å². The average molecular weight is 529 g/mol. The van der Waals surface area contributed by atoms with Crippen molar-refractivity contribution in [3.05, 3.63) is 47.5 Å². The zero-order chi connectivity index (χ0) is 26.1. The molecule has 0 N–H and O–H groups in total. The monoisotopic (exact) mass is 528 g/mol. The predicted octanol–water partition coefficient (Wildman–Crippen LogP) is 7.14. The number of hydrogen-bond donors (Lipinski definition) is 0. The van der Waals surface area contributed by atoms with Crippen molar-refractivity contribution in [2.24, 2.45) is 0 Å². The average Bonchev–Trinajstić information content (AvgIpc) is 3.41. The quantitative estimate of drug-likeness (QED) is 0.185. The Balaban J connectivity index is 1.65. The number of carbonyl (C=O) groups is 1. The van der Waals surface area contributed by atoms with Gasteiger partial charge in [-0.2, -0.15) is 0 Å². The van der Waals surface area contributed by atoms with Crippen LogP contribution in [0.4, 0.5) is 4.79 Å². The lowest BCUT2D eigenvalue weighted by molar-refractivity contribution is 0.0204. The van der Waals surface area contributed by atoms with E-state index in [1.54, 1.807) is 6.07 Å². The molecule has 2 aromatic heterocycles. The molecule has 0 aliphatic carbocycles. The van der Waals surface area contributed by atoms with E-state index in [0.717, 1.165) is 46.9 Å². The van der Waals surface area contributed by atoms with Gasteiger partial charge in [0.2, 0.25) is 0 Å². The standard InChI is InChI=1S/C27H37ClN4O3Si/c1-27(2,3)35-26(33)32-13-7-8-23(32)25-30-22(17-31(25)18-34-14-15-36(4,5)6)20-9-11-21-19(16-20)10-12-24(28)29-21/h9-12,16-17,23H,7-8,13-15,18H2,1-6H3/t23-/m0/s1. The van der Waals surface area contributed by atoms with Crippen molar-refractivity contribution in [2.75, 3.05) is 13.2 Å². The number of benzene rings is 1. The molecule has 9 heteroatoms. The maximum atomic E-state index is 13.0. The minimum Gasteiger partial charge on any atom is -0.444 e. The number of fused-ring (bicyclic) bond motifs is 1. The van der Waals surface area contributed by atoms with Crippen LogP contribution in [0.5, 0.6) is 0 Å². The van der Waals surface area contributed by atoms with Crippen LogP contribution < -0.4 is 0 Å². The van der Waals surface area contributed by atoms with E-state index in [1.165, 1.54) is 0 Å². The van der Waals surface area contributed by atoms with Crippen molar-refractivity contribution in [3.63, 3.8) is 0 Å². The van der Waals surface area contributed by atoms with Gasteiger partial charge in [-0.15, -0.1) is 0 Å². The Hall–Kier alpha value is -2.42. The highest BCUT2D eigenvalue weighted by atomic mass is 35.5. The molecule has 4 rings (SSSR count). The van der Waals surface area contributed by atoms with Crippen molar-refractivity contribution in [2.45, 2.75) is 77.7 Å². The number of rotatable bonds is 7. The summed E-state index contributed by atoms with van der Waals surface area (Å²) in [6.07, 6.45) is 3.48. The van der Waals surface area contributed by atoms with Gasteiger partial charge >= 0.3 is 6.09 Å². The van der Waals surface area contributed by atoms with E-state index < -0.39 is 13.7 Å². The zero-order valence-corrected chi connectivity index (χ0v) is 23.9. The maximum absolute atomic E-state index is 13.0. The predicted molar refractivity (Wildman–Crippen MR) is 147 cm³/mol. The van der Waals surface area contributed by atoms with E-state index >= 15 is 0 Å². The van der Waals surface area contributed by atoms with Gasteiger partial charge in [0, 0.05) is 38.4 Å². The lowest BCUT2D eigenvalue weighted by Gasteiger charge is -2.28. The van der Waals surface area contributed by atoms with Crippen LogP contribution in [0.1, 0.15) is 45.5 Å². The largest absolute Gasteiger partial charge is 0.444 e. The number of imidazole rings is 1. The Kier molecular flexibility index (Phi) is 7.78. The molecule has 7 nitrogen and oxygen atoms in total. The topological polar surface area (TPSA) is 69.5 Å². The third-order valence-corrected chi connectivity index (χ3v) is 8.08. The molecular weight excluding hydrogens is 492 g/mol. The van der Waals surface area contributed by atoms with Crippen LogP contribution in [0, 0.1) is 0 Å². The Morgan fingerprint density at radius 3 is 2.67 bits per heavy atom. The molecule has 1 aliphatic rings. The first-order chi connectivity index (χ1) is 16.9. The van der Waals surface area contributed by atoms with Crippen LogP contribution in [0.2, 0.25) is 30.8 Å². The Morgan fingerprint density at radius 1 is 1.17 bits per heavy atom. The van der Waals surface area contributed by atoms with Gasteiger partial charge in [-0.3, -0.25) is 4.90 Å². The highest BCUT2D eigenvalue weighted by Gasteiger charge is 2.36. The minimum atomic E-state index is -1.20. The lowest BCUT2D eigenvalue weighted by atomic mass is 10.1. The molecule has 3 aromatic rings. The van der Waals surface area contributed by atoms with Crippen molar-refractivity contribution >= 4 is 36.7 Å². The molecule has 1 aliphatic heterocycles. The minimum absolute atomic E-state index is 0.157. The number of likely N-dealkylation sites (tertiary alicyclic amines) is 1. The van der Waals surface area contributed by atoms with Gasteiger partial charge in [-0.1, -0.05) is 37.3 Å². The molecule has 1 saturated heterocycles. The van der Waals surface area contributed by atoms with E-state index in [2.05, 4.69) is 35.3 Å². The molecule has 1 amide bonds. The second-order valence-corrected chi connectivity index (χ2v) is 17.7. The molecule has 3 heterocycles. The normalized spacial score (nSPS) is 16.6. The number of hydrogen-bond acceptors (Lipinski definition) is 5. The SMILES string of the molecule is CC(C)(C)OC(=O)N1CCC[C@H]1c1nc(-c2ccc3nc(Cl)ccc3c2)cn1COCC[Si](C)(C)C. The number of carbonyl (C=O) groups excluding carboxylic acids is 1. The number of nitrogens with zero attached hydrogens (tertiary/aromatic N) is 4. The van der Waals surface area contributed by atoms with Crippen LogP contribution in [0.3, 0.4) is 0 Å². The fraction of sp³-hybridized carbons (Fsp3) is 0.519. The highest BCUT2D eigenvalue weighted by molar-refractivity contribution is 6.76. The molecular formula is C27H37ClN4O3Si. The first-order valence-electron chi connectivity index (χ1n) is 12.6. The summed E-state index contributed by atoms with van der Waals surface area (Å²) < 4.78 is 13.9. The van der Waals surface area contributed by atoms with E-state index in [1.807, 2.05) is 50.1 Å². The van der Waals surface area contributed by atoms with Gasteiger partial charge in [0.15, 0.2) is 0 Å². The maximum Gasteiger partial charge on any atom is 0.410 e. The number of ether oxygens (including phenoxy) is 2. The fourth-order valence-corrected chi connectivity index (χ4v) is 5.22. The number of aromatic nitrogens is 3. The molecule has 1 aromatic carbocycles. The molecule has 0 unspecified atom stereocenters. The van der Waals surface area contributed by atoms with Crippen molar-refractivity contribution in [1.29, 1.82) is 0 Å². The van der Waals surface area contributed by atoms with E-state index in [0.29, 0.717) is 25.0 Å². The van der Waals surface area contributed by atoms with Gasteiger partial charge < -0.3 is 14.0 Å². The second kappa shape index (κ2) is 10.5. The summed E-state index contributed by atoms with van der Waals surface area (Å²) in [6, 6.07) is 10.7. The fourth-order valence-electron chi connectivity index (χ4n) is 4.31. The van der Waals surface area contributed by atoms with Crippen molar-refractivity contribution in [3.8, 4) is 11.3 Å². The third kappa shape index (κ3) is 6.66. The Morgan fingerprint density at radius 2 is 1.94 bits per heavy atom. The first kappa shape index (κ1) is 26.6. The smallest absolute Gasteiger partial charge is 0.410 e. The van der Waals surface area contributed by atoms with E-state index in [-0.39, 0.29) is 12.1 Å². The molecule has 1 atom stereocenters. The van der Waals surface area contributed by atoms with Gasteiger partial charge in [-0.25, -0.2) is 14.8 Å². The summed E-state index contributed by atoms with van der Waals surface area (Å²) in [4.78, 5) is 24.2. The first-order valence-corrected chi connectivity index (χ1v) is 16.7. The summed E-state index contributed by atoms with van der Waals surface area (Å²) in [5.74, 6) is 0.829. The molecule has 0 saturated carbocycles. The van der Waals surface area contributed by atoms with Crippen molar-refractivity contribution in [1.82, 2.24) is 19.4 Å². The van der Waals surface area contributed by atoms with Gasteiger partial charge in [-0.05, 0) is 63.9 Å². The van der Waals surface area contributed by atoms with E-state index in [9.17, 15) is 4.79 Å². The molecule has 0 bridgehead atoms. The summed E-state index contributed by atoms with van der Waals surface area (Å²) >= 11 is 6.06. The van der Waals surface area contributed by atoms with Gasteiger partial charge in [0.25, 0.3) is 0 Å². The number of amides is 1. The lowest BCUT2D eigenvalue weighted by Crippen LogP contribution is -2.37. The third-order valence-electron chi connectivity index (χ3n) is 6.16. The van der Waals surface area contributed by atoms with Gasteiger partial charge in [0.1, 0.15) is 23.3 Å². The molecule has 0 spiro atoms. The summed E-state index contributed by atoms with van der Waals surface area (Å²) in [6.45, 7) is 14.5. The van der Waals surface area contributed by atoms with Crippen LogP contribution in [-0.4, -0.2) is 52.4 Å². The Bertz CT molecular complexity index is 1230.